The van der Waals surface area contributed by atoms with Gasteiger partial charge in [0.15, 0.2) is 0 Å². The van der Waals surface area contributed by atoms with Gasteiger partial charge < -0.3 is 9.84 Å². The molecule has 0 heterocycles. The van der Waals surface area contributed by atoms with Crippen LogP contribution in [-0.2, 0) is 4.74 Å². The van der Waals surface area contributed by atoms with Gasteiger partial charge in [-0.3, -0.25) is 0 Å². The highest BCUT2D eigenvalue weighted by atomic mass is 19.1. The Balaban J connectivity index is 2.61. The Hall–Kier alpha value is -0.930. The van der Waals surface area contributed by atoms with Crippen molar-refractivity contribution in [1.82, 2.24) is 0 Å². The van der Waals surface area contributed by atoms with Crippen LogP contribution in [0.2, 0.25) is 0 Å². The van der Waals surface area contributed by atoms with E-state index < -0.39 is 6.10 Å². The summed E-state index contributed by atoms with van der Waals surface area (Å²) in [6, 6.07) is 6.31. The van der Waals surface area contributed by atoms with Crippen LogP contribution >= 0.6 is 0 Å². The van der Waals surface area contributed by atoms with Crippen LogP contribution in [0.5, 0.6) is 0 Å². The van der Waals surface area contributed by atoms with Crippen LogP contribution in [0.4, 0.5) is 4.39 Å². The lowest BCUT2D eigenvalue weighted by Gasteiger charge is -2.16. The van der Waals surface area contributed by atoms with Gasteiger partial charge in [-0.15, -0.1) is 0 Å². The Morgan fingerprint density at radius 1 is 1.40 bits per heavy atom. The lowest BCUT2D eigenvalue weighted by molar-refractivity contribution is 0.0997. The molecule has 0 bridgehead atoms. The summed E-state index contributed by atoms with van der Waals surface area (Å²) in [5.41, 5.74) is 0.362. The largest absolute Gasteiger partial charge is 0.388 e. The third-order valence-electron chi connectivity index (χ3n) is 2.34. The van der Waals surface area contributed by atoms with E-state index in [1.54, 1.807) is 25.3 Å². The van der Waals surface area contributed by atoms with Crippen molar-refractivity contribution in [1.29, 1.82) is 0 Å². The Kier molecular flexibility index (Phi) is 4.72. The molecule has 3 heteroatoms. The van der Waals surface area contributed by atoms with Crippen molar-refractivity contribution in [3.8, 4) is 0 Å². The monoisotopic (exact) mass is 212 g/mol. The van der Waals surface area contributed by atoms with Gasteiger partial charge in [0.25, 0.3) is 0 Å². The third kappa shape index (κ3) is 3.61. The first-order valence-electron chi connectivity index (χ1n) is 5.06. The average molecular weight is 212 g/mol. The molecule has 0 aliphatic carbocycles. The molecule has 15 heavy (non-hydrogen) atoms. The van der Waals surface area contributed by atoms with E-state index in [2.05, 4.69) is 0 Å². The number of hydrogen-bond donors (Lipinski definition) is 1. The quantitative estimate of drug-likeness (QED) is 0.812. The molecule has 1 aromatic rings. The molecule has 0 fully saturated rings. The summed E-state index contributed by atoms with van der Waals surface area (Å²) < 4.78 is 18.3. The second-order valence-corrected chi connectivity index (χ2v) is 3.83. The van der Waals surface area contributed by atoms with Crippen molar-refractivity contribution >= 4 is 0 Å². The fourth-order valence-corrected chi connectivity index (χ4v) is 1.61. The highest BCUT2D eigenvalue weighted by Crippen LogP contribution is 2.23. The topological polar surface area (TPSA) is 29.5 Å². The average Bonchev–Trinajstić information content (AvgIpc) is 2.18. The van der Waals surface area contributed by atoms with Crippen molar-refractivity contribution in [3.05, 3.63) is 35.6 Å². The minimum atomic E-state index is -0.753. The summed E-state index contributed by atoms with van der Waals surface area (Å²) >= 11 is 0. The number of benzene rings is 1. The lowest BCUT2D eigenvalue weighted by Crippen LogP contribution is -2.10. The molecule has 0 aliphatic heterocycles. The number of methoxy groups -OCH3 is 1. The van der Waals surface area contributed by atoms with Crippen LogP contribution in [0.3, 0.4) is 0 Å². The van der Waals surface area contributed by atoms with Crippen LogP contribution in [-0.4, -0.2) is 18.8 Å². The maximum atomic E-state index is 13.3. The van der Waals surface area contributed by atoms with Gasteiger partial charge in [0.2, 0.25) is 0 Å². The van der Waals surface area contributed by atoms with E-state index in [-0.39, 0.29) is 11.7 Å². The molecule has 0 saturated carbocycles. The minimum absolute atomic E-state index is 0.213. The number of rotatable bonds is 5. The molecule has 2 unspecified atom stereocenters. The second kappa shape index (κ2) is 5.83. The van der Waals surface area contributed by atoms with E-state index in [0.29, 0.717) is 18.6 Å². The zero-order chi connectivity index (χ0) is 11.3. The van der Waals surface area contributed by atoms with Crippen LogP contribution < -0.4 is 0 Å². The van der Waals surface area contributed by atoms with Crippen molar-refractivity contribution in [3.63, 3.8) is 0 Å². The number of ether oxygens (including phenoxy) is 1. The Morgan fingerprint density at radius 3 is 2.67 bits per heavy atom. The maximum absolute atomic E-state index is 13.3. The highest BCUT2D eigenvalue weighted by Gasteiger charge is 2.15. The van der Waals surface area contributed by atoms with Crippen molar-refractivity contribution in [2.75, 3.05) is 13.7 Å². The summed E-state index contributed by atoms with van der Waals surface area (Å²) in [7, 11) is 1.62. The maximum Gasteiger partial charge on any atom is 0.128 e. The summed E-state index contributed by atoms with van der Waals surface area (Å²) in [5.74, 6) is -0.140. The number of aliphatic hydroxyl groups is 1. The highest BCUT2D eigenvalue weighted by molar-refractivity contribution is 5.19. The van der Waals surface area contributed by atoms with Gasteiger partial charge in [0, 0.05) is 19.3 Å². The summed E-state index contributed by atoms with van der Waals surface area (Å²) in [6.45, 7) is 2.54. The van der Waals surface area contributed by atoms with Gasteiger partial charge in [-0.1, -0.05) is 25.1 Å². The molecule has 1 rings (SSSR count). The molecule has 0 radical (unpaired) electrons. The molecule has 84 valence electrons. The Bertz CT molecular complexity index is 301. The first-order valence-corrected chi connectivity index (χ1v) is 5.06. The van der Waals surface area contributed by atoms with Gasteiger partial charge in [-0.05, 0) is 18.4 Å². The van der Waals surface area contributed by atoms with E-state index in [4.69, 9.17) is 4.74 Å². The number of aliphatic hydroxyl groups excluding tert-OH is 1. The standard InChI is InChI=1S/C12H17FO2/c1-9(8-15-2)7-12(14)10-5-3-4-6-11(10)13/h3-6,9,12,14H,7-8H2,1-2H3. The molecule has 0 aliphatic rings. The Labute approximate surface area is 89.7 Å². The fraction of sp³-hybridized carbons (Fsp3) is 0.500. The van der Waals surface area contributed by atoms with E-state index in [0.717, 1.165) is 0 Å². The zero-order valence-corrected chi connectivity index (χ0v) is 9.11. The zero-order valence-electron chi connectivity index (χ0n) is 9.11. The third-order valence-corrected chi connectivity index (χ3v) is 2.34. The summed E-state index contributed by atoms with van der Waals surface area (Å²) in [5, 5.41) is 9.80. The SMILES string of the molecule is COCC(C)CC(O)c1ccccc1F. The van der Waals surface area contributed by atoms with Crippen LogP contribution in [0.15, 0.2) is 24.3 Å². The fourth-order valence-electron chi connectivity index (χ4n) is 1.61. The molecule has 0 aromatic heterocycles. The van der Waals surface area contributed by atoms with E-state index >= 15 is 0 Å². The number of hydrogen-bond acceptors (Lipinski definition) is 2. The molecule has 2 atom stereocenters. The van der Waals surface area contributed by atoms with Gasteiger partial charge in [0.05, 0.1) is 6.10 Å². The van der Waals surface area contributed by atoms with E-state index in [9.17, 15) is 9.50 Å². The van der Waals surface area contributed by atoms with E-state index in [1.807, 2.05) is 6.92 Å². The summed E-state index contributed by atoms with van der Waals surface area (Å²) in [6.07, 6.45) is -0.245. The summed E-state index contributed by atoms with van der Waals surface area (Å²) in [4.78, 5) is 0. The smallest absolute Gasteiger partial charge is 0.128 e. The molecule has 1 aromatic carbocycles. The lowest BCUT2D eigenvalue weighted by atomic mass is 9.98. The predicted molar refractivity (Wildman–Crippen MR) is 57.0 cm³/mol. The van der Waals surface area contributed by atoms with Crippen molar-refractivity contribution in [2.45, 2.75) is 19.4 Å². The van der Waals surface area contributed by atoms with Gasteiger partial charge >= 0.3 is 0 Å². The molecule has 2 nitrogen and oxygen atoms in total. The first kappa shape index (κ1) is 12.1. The molecule has 0 saturated heterocycles. The molecular weight excluding hydrogens is 195 g/mol. The number of halogens is 1. The van der Waals surface area contributed by atoms with Gasteiger partial charge in [-0.2, -0.15) is 0 Å². The normalized spacial score (nSPS) is 14.9. The van der Waals surface area contributed by atoms with Crippen LogP contribution in [0.25, 0.3) is 0 Å². The molecule has 0 spiro atoms. The van der Waals surface area contributed by atoms with Crippen LogP contribution in [0.1, 0.15) is 25.0 Å². The Morgan fingerprint density at radius 2 is 2.07 bits per heavy atom. The van der Waals surface area contributed by atoms with Crippen molar-refractivity contribution in [2.24, 2.45) is 5.92 Å². The van der Waals surface area contributed by atoms with Crippen molar-refractivity contribution < 1.29 is 14.2 Å². The molecule has 1 N–H and O–H groups in total. The molecule has 0 amide bonds. The first-order chi connectivity index (χ1) is 7.15. The predicted octanol–water partition coefficient (Wildman–Crippen LogP) is 2.53. The van der Waals surface area contributed by atoms with E-state index in [1.165, 1.54) is 6.07 Å². The van der Waals surface area contributed by atoms with Crippen LogP contribution in [0, 0.1) is 11.7 Å². The van der Waals surface area contributed by atoms with Gasteiger partial charge in [-0.25, -0.2) is 4.39 Å². The molecular formula is C12H17FO2. The van der Waals surface area contributed by atoms with Gasteiger partial charge in [0.1, 0.15) is 5.82 Å². The minimum Gasteiger partial charge on any atom is -0.388 e. The second-order valence-electron chi connectivity index (χ2n) is 3.83.